The summed E-state index contributed by atoms with van der Waals surface area (Å²) in [5.41, 5.74) is 0. The number of hydrogen-bond acceptors (Lipinski definition) is 2. The average molecular weight is 203 g/mol. The zero-order chi connectivity index (χ0) is 8.65. The minimum absolute atomic E-state index is 0. The molecule has 0 saturated carbocycles. The minimum atomic E-state index is 0. The predicted molar refractivity (Wildman–Crippen MR) is 56.9 cm³/mol. The lowest BCUT2D eigenvalue weighted by Crippen LogP contribution is -2.27. The van der Waals surface area contributed by atoms with E-state index >= 15 is 0 Å². The third-order valence-electron chi connectivity index (χ3n) is 2.61. The van der Waals surface area contributed by atoms with Crippen molar-refractivity contribution in [3.63, 3.8) is 0 Å². The molecule has 0 aromatic carbocycles. The highest BCUT2D eigenvalue weighted by molar-refractivity contribution is 5.85. The van der Waals surface area contributed by atoms with Crippen LogP contribution in [0.3, 0.4) is 0 Å². The lowest BCUT2D eigenvalue weighted by atomic mass is 9.92. The number of nitriles is 1. The Balaban J connectivity index is 0.00000144. The van der Waals surface area contributed by atoms with E-state index in [4.69, 9.17) is 5.26 Å². The zero-order valence-corrected chi connectivity index (χ0v) is 8.91. The quantitative estimate of drug-likeness (QED) is 0.712. The molecule has 1 N–H and O–H groups in total. The molecular weight excluding hydrogens is 184 g/mol. The molecule has 13 heavy (non-hydrogen) atoms. The summed E-state index contributed by atoms with van der Waals surface area (Å²) in [6.07, 6.45) is 7.10. The fraction of sp³-hybridized carbons (Fsp3) is 0.900. The van der Waals surface area contributed by atoms with Gasteiger partial charge in [0.1, 0.15) is 0 Å². The van der Waals surface area contributed by atoms with E-state index in [1.165, 1.54) is 38.8 Å². The summed E-state index contributed by atoms with van der Waals surface area (Å²) in [4.78, 5) is 0. The van der Waals surface area contributed by atoms with Gasteiger partial charge in [-0.2, -0.15) is 5.26 Å². The van der Waals surface area contributed by atoms with Crippen LogP contribution in [-0.2, 0) is 0 Å². The zero-order valence-electron chi connectivity index (χ0n) is 8.09. The number of piperidine rings is 1. The van der Waals surface area contributed by atoms with E-state index in [-0.39, 0.29) is 12.4 Å². The summed E-state index contributed by atoms with van der Waals surface area (Å²) in [6.45, 7) is 2.39. The summed E-state index contributed by atoms with van der Waals surface area (Å²) < 4.78 is 0. The monoisotopic (exact) mass is 202 g/mol. The van der Waals surface area contributed by atoms with Gasteiger partial charge in [-0.1, -0.05) is 12.8 Å². The molecule has 0 radical (unpaired) electrons. The molecule has 0 spiro atoms. The van der Waals surface area contributed by atoms with E-state index in [1.807, 2.05) is 0 Å². The first-order valence-corrected chi connectivity index (χ1v) is 5.01. The van der Waals surface area contributed by atoms with Crippen molar-refractivity contribution in [1.29, 1.82) is 5.26 Å². The van der Waals surface area contributed by atoms with E-state index in [9.17, 15) is 0 Å². The van der Waals surface area contributed by atoms with Crippen molar-refractivity contribution in [2.45, 2.75) is 38.5 Å². The fourth-order valence-corrected chi connectivity index (χ4v) is 1.81. The van der Waals surface area contributed by atoms with Gasteiger partial charge in [0.2, 0.25) is 0 Å². The molecule has 0 amide bonds. The van der Waals surface area contributed by atoms with E-state index in [1.54, 1.807) is 0 Å². The van der Waals surface area contributed by atoms with Crippen LogP contribution in [0.25, 0.3) is 0 Å². The predicted octanol–water partition coefficient (Wildman–Crippen LogP) is 2.49. The summed E-state index contributed by atoms with van der Waals surface area (Å²) in [5, 5.41) is 11.7. The molecule has 0 atom stereocenters. The van der Waals surface area contributed by atoms with Gasteiger partial charge in [-0.25, -0.2) is 0 Å². The first-order chi connectivity index (χ1) is 5.93. The lowest BCUT2D eigenvalue weighted by Gasteiger charge is -2.22. The van der Waals surface area contributed by atoms with Gasteiger partial charge in [-0.3, -0.25) is 0 Å². The fourth-order valence-electron chi connectivity index (χ4n) is 1.81. The van der Waals surface area contributed by atoms with Gasteiger partial charge in [0.05, 0.1) is 6.07 Å². The number of rotatable bonds is 4. The molecule has 0 aromatic heterocycles. The lowest BCUT2D eigenvalue weighted by molar-refractivity contribution is 0.344. The van der Waals surface area contributed by atoms with Crippen molar-refractivity contribution in [2.24, 2.45) is 5.92 Å². The smallest absolute Gasteiger partial charge is 0.0621 e. The van der Waals surface area contributed by atoms with Crippen LogP contribution in [0.15, 0.2) is 0 Å². The number of nitrogens with zero attached hydrogens (tertiary/aromatic N) is 1. The molecule has 0 bridgehead atoms. The van der Waals surface area contributed by atoms with Crippen LogP contribution >= 0.6 is 12.4 Å². The largest absolute Gasteiger partial charge is 0.317 e. The number of nitrogens with one attached hydrogen (secondary N) is 1. The van der Waals surface area contributed by atoms with Crippen LogP contribution in [-0.4, -0.2) is 13.1 Å². The first kappa shape index (κ1) is 12.7. The van der Waals surface area contributed by atoms with Gasteiger partial charge in [0, 0.05) is 6.42 Å². The Morgan fingerprint density at radius 2 is 1.92 bits per heavy atom. The summed E-state index contributed by atoms with van der Waals surface area (Å²) in [5.74, 6) is 0.935. The maximum absolute atomic E-state index is 8.34. The second-order valence-electron chi connectivity index (χ2n) is 3.60. The third-order valence-corrected chi connectivity index (χ3v) is 2.61. The van der Waals surface area contributed by atoms with E-state index in [0.29, 0.717) is 0 Å². The van der Waals surface area contributed by atoms with Crippen LogP contribution in [0.2, 0.25) is 0 Å². The number of unbranched alkanes of at least 4 members (excludes halogenated alkanes) is 2. The second-order valence-corrected chi connectivity index (χ2v) is 3.60. The van der Waals surface area contributed by atoms with Crippen molar-refractivity contribution in [3.05, 3.63) is 0 Å². The van der Waals surface area contributed by atoms with Gasteiger partial charge in [-0.15, -0.1) is 12.4 Å². The van der Waals surface area contributed by atoms with Gasteiger partial charge >= 0.3 is 0 Å². The maximum Gasteiger partial charge on any atom is 0.0621 e. The van der Waals surface area contributed by atoms with Crippen LogP contribution in [0.5, 0.6) is 0 Å². The Bertz CT molecular complexity index is 147. The standard InChI is InChI=1S/C10H18N2.ClH/c11-7-3-1-2-4-10-5-8-12-9-6-10;/h10,12H,1-6,8-9H2;1H. The van der Waals surface area contributed by atoms with Crippen molar-refractivity contribution in [2.75, 3.05) is 13.1 Å². The van der Waals surface area contributed by atoms with Gasteiger partial charge in [0.25, 0.3) is 0 Å². The van der Waals surface area contributed by atoms with Crippen molar-refractivity contribution >= 4 is 12.4 Å². The Labute approximate surface area is 87.1 Å². The van der Waals surface area contributed by atoms with E-state index < -0.39 is 0 Å². The second kappa shape index (κ2) is 8.34. The molecule has 2 nitrogen and oxygen atoms in total. The molecule has 3 heteroatoms. The maximum atomic E-state index is 8.34. The van der Waals surface area contributed by atoms with Crippen molar-refractivity contribution in [3.8, 4) is 6.07 Å². The molecule has 76 valence electrons. The molecule has 1 saturated heterocycles. The van der Waals surface area contributed by atoms with Gasteiger partial charge < -0.3 is 5.32 Å². The number of halogens is 1. The average Bonchev–Trinajstić information content (AvgIpc) is 2.14. The number of hydrogen-bond donors (Lipinski definition) is 1. The Hall–Kier alpha value is -0.260. The van der Waals surface area contributed by atoms with Gasteiger partial charge in [-0.05, 0) is 38.3 Å². The Morgan fingerprint density at radius 1 is 1.23 bits per heavy atom. The van der Waals surface area contributed by atoms with E-state index in [2.05, 4.69) is 11.4 Å². The molecule has 1 fully saturated rings. The van der Waals surface area contributed by atoms with Gasteiger partial charge in [0.15, 0.2) is 0 Å². The normalized spacial score (nSPS) is 17.5. The topological polar surface area (TPSA) is 35.8 Å². The molecule has 1 heterocycles. The third kappa shape index (κ3) is 5.90. The molecule has 0 aromatic rings. The first-order valence-electron chi connectivity index (χ1n) is 5.01. The van der Waals surface area contributed by atoms with E-state index in [0.717, 1.165) is 18.8 Å². The van der Waals surface area contributed by atoms with Crippen molar-refractivity contribution < 1.29 is 0 Å². The summed E-state index contributed by atoms with van der Waals surface area (Å²) in [6, 6.07) is 2.19. The van der Waals surface area contributed by atoms with Crippen LogP contribution < -0.4 is 5.32 Å². The van der Waals surface area contributed by atoms with Crippen LogP contribution in [0, 0.1) is 17.2 Å². The molecule has 0 aliphatic carbocycles. The Morgan fingerprint density at radius 3 is 2.54 bits per heavy atom. The Kier molecular flexibility index (Phi) is 8.18. The molecule has 1 aliphatic heterocycles. The molecule has 1 rings (SSSR count). The van der Waals surface area contributed by atoms with Crippen LogP contribution in [0.4, 0.5) is 0 Å². The highest BCUT2D eigenvalue weighted by Gasteiger charge is 2.11. The minimum Gasteiger partial charge on any atom is -0.317 e. The highest BCUT2D eigenvalue weighted by atomic mass is 35.5. The highest BCUT2D eigenvalue weighted by Crippen LogP contribution is 2.18. The molecular formula is C10H19ClN2. The molecule has 1 aliphatic rings. The van der Waals surface area contributed by atoms with Crippen LogP contribution in [0.1, 0.15) is 38.5 Å². The summed E-state index contributed by atoms with van der Waals surface area (Å²) in [7, 11) is 0. The summed E-state index contributed by atoms with van der Waals surface area (Å²) >= 11 is 0. The SMILES string of the molecule is Cl.N#CCCCCC1CCNCC1. The molecule has 0 unspecified atom stereocenters. The van der Waals surface area contributed by atoms with Crippen molar-refractivity contribution in [1.82, 2.24) is 5.32 Å².